The second-order valence-electron chi connectivity index (χ2n) is 4.90. The van der Waals surface area contributed by atoms with E-state index >= 15 is 0 Å². The highest BCUT2D eigenvalue weighted by Crippen LogP contribution is 2.23. The van der Waals surface area contributed by atoms with Gasteiger partial charge < -0.3 is 4.57 Å². The van der Waals surface area contributed by atoms with Gasteiger partial charge in [-0.05, 0) is 25.5 Å². The molecule has 0 aromatic carbocycles. The minimum Gasteiger partial charge on any atom is -0.308 e. The van der Waals surface area contributed by atoms with Crippen LogP contribution in [0.1, 0.15) is 16.8 Å². The molecule has 0 aliphatic rings. The van der Waals surface area contributed by atoms with Gasteiger partial charge in [0.05, 0.1) is 16.7 Å². The molecular weight excluding hydrogens is 316 g/mol. The van der Waals surface area contributed by atoms with Crippen molar-refractivity contribution in [3.05, 3.63) is 61.7 Å². The largest absolute Gasteiger partial charge is 0.308 e. The van der Waals surface area contributed by atoms with Gasteiger partial charge >= 0.3 is 0 Å². The van der Waals surface area contributed by atoms with E-state index in [0.29, 0.717) is 22.9 Å². The van der Waals surface area contributed by atoms with Gasteiger partial charge in [0.2, 0.25) is 0 Å². The average Bonchev–Trinajstić information content (AvgIpc) is 2.48. The zero-order chi connectivity index (χ0) is 17.0. The Labute approximate surface area is 136 Å². The maximum absolute atomic E-state index is 11.7. The van der Waals surface area contributed by atoms with E-state index in [0.717, 1.165) is 11.3 Å². The number of thioether (sulfide) groups is 1. The van der Waals surface area contributed by atoms with Crippen LogP contribution in [0.15, 0.2) is 34.2 Å². The quantitative estimate of drug-likeness (QED) is 0.474. The molecule has 0 bridgehead atoms. The Kier molecular flexibility index (Phi) is 5.13. The summed E-state index contributed by atoms with van der Waals surface area (Å²) in [5.41, 5.74) is 1.76. The number of rotatable bonds is 5. The summed E-state index contributed by atoms with van der Waals surface area (Å²) in [5, 5.41) is 20.6. The van der Waals surface area contributed by atoms with Crippen LogP contribution in [0, 0.1) is 35.3 Å². The number of nitriles is 1. The predicted molar refractivity (Wildman–Crippen MR) is 86.5 cm³/mol. The van der Waals surface area contributed by atoms with Crippen LogP contribution < -0.4 is 5.56 Å². The minimum atomic E-state index is -0.539. The van der Waals surface area contributed by atoms with Gasteiger partial charge in [0.15, 0.2) is 0 Å². The second-order valence-corrected chi connectivity index (χ2v) is 5.98. The Hall–Kier alpha value is -2.66. The third-order valence-corrected chi connectivity index (χ3v) is 4.13. The lowest BCUT2D eigenvalue weighted by molar-refractivity contribution is -0.385. The first-order valence-corrected chi connectivity index (χ1v) is 7.77. The summed E-state index contributed by atoms with van der Waals surface area (Å²) in [6.45, 7) is 4.00. The van der Waals surface area contributed by atoms with E-state index in [1.807, 2.05) is 19.9 Å². The lowest BCUT2D eigenvalue weighted by atomic mass is 10.1. The maximum Gasteiger partial charge on any atom is 0.285 e. The Morgan fingerprint density at radius 3 is 2.83 bits per heavy atom. The molecule has 118 valence electrons. The van der Waals surface area contributed by atoms with Gasteiger partial charge in [-0.2, -0.15) is 5.26 Å². The lowest BCUT2D eigenvalue weighted by Crippen LogP contribution is -2.19. The summed E-state index contributed by atoms with van der Waals surface area (Å²) < 4.78 is 1.29. The second kappa shape index (κ2) is 7.07. The number of nitro groups is 1. The molecule has 0 saturated carbocycles. The fraction of sp³-hybridized carbons (Fsp3) is 0.267. The first-order valence-electron chi connectivity index (χ1n) is 6.78. The van der Waals surface area contributed by atoms with E-state index in [2.05, 4.69) is 11.1 Å². The fourth-order valence-electron chi connectivity index (χ4n) is 2.09. The van der Waals surface area contributed by atoms with Gasteiger partial charge in [-0.15, -0.1) is 11.8 Å². The van der Waals surface area contributed by atoms with Crippen LogP contribution in [0.3, 0.4) is 0 Å². The molecule has 0 unspecified atom stereocenters. The van der Waals surface area contributed by atoms with Crippen molar-refractivity contribution in [1.29, 1.82) is 5.26 Å². The Balaban J connectivity index is 2.15. The molecule has 8 heteroatoms. The van der Waals surface area contributed by atoms with E-state index in [1.165, 1.54) is 34.7 Å². The van der Waals surface area contributed by atoms with Gasteiger partial charge in [0.1, 0.15) is 11.1 Å². The normalized spacial score (nSPS) is 10.3. The molecule has 0 saturated heterocycles. The molecule has 0 amide bonds. The van der Waals surface area contributed by atoms with E-state index in [1.54, 1.807) is 0 Å². The van der Waals surface area contributed by atoms with Crippen LogP contribution >= 0.6 is 11.8 Å². The molecule has 23 heavy (non-hydrogen) atoms. The smallest absolute Gasteiger partial charge is 0.285 e. The van der Waals surface area contributed by atoms with Gasteiger partial charge in [-0.25, -0.2) is 4.98 Å². The molecular formula is C15H14N4O3S. The minimum absolute atomic E-state index is 0.128. The van der Waals surface area contributed by atoms with Crippen molar-refractivity contribution in [3.63, 3.8) is 0 Å². The van der Waals surface area contributed by atoms with E-state index < -0.39 is 4.92 Å². The summed E-state index contributed by atoms with van der Waals surface area (Å²) in [6.07, 6.45) is 1.23. The topological polar surface area (TPSA) is 102 Å². The monoisotopic (exact) mass is 330 g/mol. The predicted octanol–water partition coefficient (Wildman–Crippen LogP) is 2.43. The number of aryl methyl sites for hydroxylation is 3. The molecule has 2 aromatic heterocycles. The molecule has 7 nitrogen and oxygen atoms in total. The van der Waals surface area contributed by atoms with Crippen LogP contribution in [-0.4, -0.2) is 20.2 Å². The van der Waals surface area contributed by atoms with Crippen molar-refractivity contribution >= 4 is 17.4 Å². The summed E-state index contributed by atoms with van der Waals surface area (Å²) in [6, 6.07) is 6.34. The molecule has 0 aliphatic carbocycles. The van der Waals surface area contributed by atoms with Gasteiger partial charge in [-0.3, -0.25) is 14.9 Å². The Morgan fingerprint density at radius 1 is 1.43 bits per heavy atom. The number of hydrogen-bond acceptors (Lipinski definition) is 6. The third-order valence-electron chi connectivity index (χ3n) is 3.17. The zero-order valence-electron chi connectivity index (χ0n) is 12.6. The molecule has 2 heterocycles. The first kappa shape index (κ1) is 16.7. The zero-order valence-corrected chi connectivity index (χ0v) is 13.5. The van der Waals surface area contributed by atoms with Crippen molar-refractivity contribution < 1.29 is 4.92 Å². The van der Waals surface area contributed by atoms with Crippen LogP contribution in [0.2, 0.25) is 0 Å². The molecule has 0 N–H and O–H groups in total. The average molecular weight is 330 g/mol. The van der Waals surface area contributed by atoms with Crippen LogP contribution in [0.4, 0.5) is 5.69 Å². The van der Waals surface area contributed by atoms with Crippen molar-refractivity contribution in [2.24, 2.45) is 0 Å². The number of nitrogens with zero attached hydrogens (tertiary/aromatic N) is 4. The number of pyridine rings is 2. The highest BCUT2D eigenvalue weighted by atomic mass is 32.2. The summed E-state index contributed by atoms with van der Waals surface area (Å²) in [7, 11) is 0. The van der Waals surface area contributed by atoms with Crippen molar-refractivity contribution in [3.8, 4) is 6.07 Å². The first-order chi connectivity index (χ1) is 10.9. The highest BCUT2D eigenvalue weighted by molar-refractivity contribution is 7.99. The molecule has 2 rings (SSSR count). The van der Waals surface area contributed by atoms with Gasteiger partial charge in [0, 0.05) is 30.1 Å². The summed E-state index contributed by atoms with van der Waals surface area (Å²) >= 11 is 1.35. The highest BCUT2D eigenvalue weighted by Gasteiger charge is 2.11. The number of hydrogen-bond donors (Lipinski definition) is 0. The Bertz CT molecular complexity index is 855. The van der Waals surface area contributed by atoms with Crippen LogP contribution in [0.25, 0.3) is 0 Å². The van der Waals surface area contributed by atoms with Crippen molar-refractivity contribution in [2.45, 2.75) is 25.4 Å². The van der Waals surface area contributed by atoms with Crippen molar-refractivity contribution in [1.82, 2.24) is 9.55 Å². The maximum atomic E-state index is 11.7. The molecule has 0 fully saturated rings. The summed E-state index contributed by atoms with van der Waals surface area (Å²) in [5.74, 6) is 0.478. The van der Waals surface area contributed by atoms with E-state index in [9.17, 15) is 20.2 Å². The number of aromatic nitrogens is 2. The lowest BCUT2D eigenvalue weighted by Gasteiger charge is -2.08. The summed E-state index contributed by atoms with van der Waals surface area (Å²) in [4.78, 5) is 26.3. The SMILES string of the molecule is Cc1cc(C)c(C#N)c(SCCn2cc([N+](=O)[O-])ccc2=O)n1. The van der Waals surface area contributed by atoms with Crippen LogP contribution in [0.5, 0.6) is 0 Å². The standard InChI is InChI=1S/C15H14N4O3S/c1-10-7-11(2)17-15(13(10)8-16)23-6-5-18-9-12(19(21)22)3-4-14(18)20/h3-4,7,9H,5-6H2,1-2H3. The molecule has 0 atom stereocenters. The Morgan fingerprint density at radius 2 is 2.17 bits per heavy atom. The van der Waals surface area contributed by atoms with Gasteiger partial charge in [-0.1, -0.05) is 0 Å². The van der Waals surface area contributed by atoms with Crippen molar-refractivity contribution in [2.75, 3.05) is 5.75 Å². The molecule has 0 radical (unpaired) electrons. The fourth-order valence-corrected chi connectivity index (χ4v) is 3.13. The van der Waals surface area contributed by atoms with E-state index in [-0.39, 0.29) is 11.2 Å². The molecule has 0 spiro atoms. The molecule has 0 aliphatic heterocycles. The third kappa shape index (κ3) is 3.96. The van der Waals surface area contributed by atoms with Crippen LogP contribution in [-0.2, 0) is 6.54 Å². The molecule has 2 aromatic rings. The van der Waals surface area contributed by atoms with E-state index in [4.69, 9.17) is 0 Å². The van der Waals surface area contributed by atoms with Gasteiger partial charge in [0.25, 0.3) is 11.2 Å².